The Hall–Kier alpha value is -2.40. The van der Waals surface area contributed by atoms with Crippen LogP contribution in [-0.2, 0) is 20.7 Å². The largest absolute Gasteiger partial charge is 0.499 e. The number of nitrogens with zero attached hydrogens (tertiary/aromatic N) is 1. The molecule has 1 heterocycles. The Morgan fingerprint density at radius 3 is 2.52 bits per heavy atom. The zero-order valence-electron chi connectivity index (χ0n) is 18.2. The van der Waals surface area contributed by atoms with Gasteiger partial charge in [0.05, 0.1) is 25.0 Å². The Labute approximate surface area is 174 Å². The van der Waals surface area contributed by atoms with Gasteiger partial charge >= 0.3 is 0 Å². The fourth-order valence-corrected chi connectivity index (χ4v) is 3.60. The van der Waals surface area contributed by atoms with E-state index in [4.69, 9.17) is 4.74 Å². The minimum absolute atomic E-state index is 0.0114. The molecule has 2 amide bonds. The Morgan fingerprint density at radius 1 is 1.28 bits per heavy atom. The van der Waals surface area contributed by atoms with Gasteiger partial charge < -0.3 is 9.84 Å². The molecule has 1 aromatic carbocycles. The van der Waals surface area contributed by atoms with E-state index in [9.17, 15) is 14.7 Å². The van der Waals surface area contributed by atoms with Crippen LogP contribution in [0.3, 0.4) is 0 Å². The second-order valence-electron chi connectivity index (χ2n) is 7.89. The highest BCUT2D eigenvalue weighted by molar-refractivity contribution is 6.06. The molecule has 0 saturated carbocycles. The summed E-state index contributed by atoms with van der Waals surface area (Å²) >= 11 is 0. The SMILES string of the molecule is CCO/C(C)=C/C1=C(CCc2ccc(C)cc2)C(=O)N(CC(C)O)C(=O)C(C)C1. The third-order valence-corrected chi connectivity index (χ3v) is 5.09. The number of amides is 2. The number of hydrogen-bond acceptors (Lipinski definition) is 4. The highest BCUT2D eigenvalue weighted by Crippen LogP contribution is 2.29. The van der Waals surface area contributed by atoms with Crippen molar-refractivity contribution in [2.45, 2.75) is 60.0 Å². The summed E-state index contributed by atoms with van der Waals surface area (Å²) < 4.78 is 5.58. The van der Waals surface area contributed by atoms with Gasteiger partial charge in [-0.3, -0.25) is 14.5 Å². The number of β-amino-alcohol motifs (C(OH)–C–C–N with tert-alkyl or cyclic N) is 1. The van der Waals surface area contributed by atoms with E-state index in [0.717, 1.165) is 16.9 Å². The molecule has 0 radical (unpaired) electrons. The Kier molecular flexibility index (Phi) is 8.21. The van der Waals surface area contributed by atoms with E-state index in [2.05, 4.69) is 24.3 Å². The standard InChI is InChI=1S/C24H33NO4/c1-6-29-19(5)14-21-13-17(3)23(27)25(15-18(4)26)24(28)22(21)12-11-20-9-7-16(2)8-10-20/h7-10,14,17-18,26H,6,11-13,15H2,1-5H3/b19-14+. The highest BCUT2D eigenvalue weighted by Gasteiger charge is 2.34. The first-order valence-electron chi connectivity index (χ1n) is 10.3. The summed E-state index contributed by atoms with van der Waals surface area (Å²) in [7, 11) is 0. The smallest absolute Gasteiger partial charge is 0.256 e. The van der Waals surface area contributed by atoms with Crippen LogP contribution < -0.4 is 0 Å². The van der Waals surface area contributed by atoms with E-state index in [-0.39, 0.29) is 24.3 Å². The highest BCUT2D eigenvalue weighted by atomic mass is 16.5. The van der Waals surface area contributed by atoms with Crippen molar-refractivity contribution >= 4 is 11.8 Å². The summed E-state index contributed by atoms with van der Waals surface area (Å²) in [6, 6.07) is 8.26. The number of imide groups is 1. The van der Waals surface area contributed by atoms with Crippen LogP contribution >= 0.6 is 0 Å². The predicted octanol–water partition coefficient (Wildman–Crippen LogP) is 3.94. The predicted molar refractivity (Wildman–Crippen MR) is 114 cm³/mol. The van der Waals surface area contributed by atoms with Crippen molar-refractivity contribution in [3.63, 3.8) is 0 Å². The average Bonchev–Trinajstić information content (AvgIpc) is 2.73. The van der Waals surface area contributed by atoms with Crippen molar-refractivity contribution in [2.75, 3.05) is 13.2 Å². The Balaban J connectivity index is 2.42. The number of ether oxygens (including phenoxy) is 1. The van der Waals surface area contributed by atoms with Crippen LogP contribution in [0.15, 0.2) is 47.2 Å². The van der Waals surface area contributed by atoms with Crippen LogP contribution in [0.4, 0.5) is 0 Å². The summed E-state index contributed by atoms with van der Waals surface area (Å²) in [5, 5.41) is 9.83. The molecule has 0 aliphatic carbocycles. The lowest BCUT2D eigenvalue weighted by Gasteiger charge is -2.23. The van der Waals surface area contributed by atoms with Gasteiger partial charge in [0, 0.05) is 11.5 Å². The van der Waals surface area contributed by atoms with Gasteiger partial charge in [0.25, 0.3) is 5.91 Å². The molecule has 1 aliphatic rings. The van der Waals surface area contributed by atoms with E-state index in [1.165, 1.54) is 10.5 Å². The van der Waals surface area contributed by atoms with Gasteiger partial charge in [0.15, 0.2) is 0 Å². The van der Waals surface area contributed by atoms with Gasteiger partial charge in [-0.25, -0.2) is 0 Å². The van der Waals surface area contributed by atoms with Crippen LogP contribution in [0.2, 0.25) is 0 Å². The van der Waals surface area contributed by atoms with Gasteiger partial charge in [-0.15, -0.1) is 0 Å². The fourth-order valence-electron chi connectivity index (χ4n) is 3.60. The molecule has 0 spiro atoms. The number of aliphatic hydroxyl groups is 1. The minimum Gasteiger partial charge on any atom is -0.499 e. The Morgan fingerprint density at radius 2 is 1.93 bits per heavy atom. The number of aliphatic hydroxyl groups excluding tert-OH is 1. The lowest BCUT2D eigenvalue weighted by molar-refractivity contribution is -0.146. The van der Waals surface area contributed by atoms with Crippen LogP contribution in [0.25, 0.3) is 0 Å². The lowest BCUT2D eigenvalue weighted by atomic mass is 9.94. The van der Waals surface area contributed by atoms with Crippen LogP contribution in [0.1, 0.15) is 51.7 Å². The molecule has 0 saturated heterocycles. The van der Waals surface area contributed by atoms with Crippen molar-refractivity contribution in [3.05, 3.63) is 58.4 Å². The number of carbonyl (C=O) groups excluding carboxylic acids is 2. The fraction of sp³-hybridized carbons (Fsp3) is 0.500. The number of hydrogen-bond donors (Lipinski definition) is 1. The van der Waals surface area contributed by atoms with Crippen LogP contribution in [-0.4, -0.2) is 41.1 Å². The third-order valence-electron chi connectivity index (χ3n) is 5.09. The van der Waals surface area contributed by atoms with Crippen LogP contribution in [0.5, 0.6) is 0 Å². The number of rotatable bonds is 8. The lowest BCUT2D eigenvalue weighted by Crippen LogP contribution is -2.43. The molecule has 5 nitrogen and oxygen atoms in total. The first kappa shape index (κ1) is 22.9. The molecule has 2 atom stereocenters. The van der Waals surface area contributed by atoms with Crippen molar-refractivity contribution in [1.29, 1.82) is 0 Å². The van der Waals surface area contributed by atoms with Gasteiger partial charge in [0.1, 0.15) is 0 Å². The van der Waals surface area contributed by atoms with Crippen LogP contribution in [0, 0.1) is 12.8 Å². The van der Waals surface area contributed by atoms with E-state index >= 15 is 0 Å². The molecule has 29 heavy (non-hydrogen) atoms. The molecule has 0 fully saturated rings. The van der Waals surface area contributed by atoms with Gasteiger partial charge in [-0.05, 0) is 64.2 Å². The number of allylic oxidation sites excluding steroid dienone is 3. The molecule has 0 aromatic heterocycles. The zero-order chi connectivity index (χ0) is 21.6. The second-order valence-corrected chi connectivity index (χ2v) is 7.89. The molecule has 2 rings (SSSR count). The molecule has 1 aromatic rings. The van der Waals surface area contributed by atoms with Gasteiger partial charge in [-0.1, -0.05) is 36.8 Å². The second kappa shape index (κ2) is 10.4. The van der Waals surface area contributed by atoms with E-state index in [1.807, 2.05) is 33.8 Å². The maximum Gasteiger partial charge on any atom is 0.256 e. The maximum absolute atomic E-state index is 13.3. The van der Waals surface area contributed by atoms with Crippen molar-refractivity contribution < 1.29 is 19.4 Å². The quantitative estimate of drug-likeness (QED) is 0.531. The number of aryl methyl sites for hydroxylation is 2. The first-order chi connectivity index (χ1) is 13.7. The molecule has 2 unspecified atom stereocenters. The molecular weight excluding hydrogens is 366 g/mol. The molecule has 5 heteroatoms. The average molecular weight is 400 g/mol. The first-order valence-corrected chi connectivity index (χ1v) is 10.3. The molecule has 0 bridgehead atoms. The van der Waals surface area contributed by atoms with E-state index in [1.54, 1.807) is 6.92 Å². The monoisotopic (exact) mass is 399 g/mol. The summed E-state index contributed by atoms with van der Waals surface area (Å²) in [5.41, 5.74) is 3.81. The molecule has 1 aliphatic heterocycles. The molecule has 1 N–H and O–H groups in total. The zero-order valence-corrected chi connectivity index (χ0v) is 18.2. The summed E-state index contributed by atoms with van der Waals surface area (Å²) in [6.45, 7) is 9.80. The summed E-state index contributed by atoms with van der Waals surface area (Å²) in [4.78, 5) is 27.4. The van der Waals surface area contributed by atoms with Gasteiger partial charge in [0.2, 0.25) is 5.91 Å². The van der Waals surface area contributed by atoms with Gasteiger partial charge in [-0.2, -0.15) is 0 Å². The van der Waals surface area contributed by atoms with Crippen molar-refractivity contribution in [3.8, 4) is 0 Å². The number of carbonyl (C=O) groups is 2. The van der Waals surface area contributed by atoms with Crippen molar-refractivity contribution in [2.24, 2.45) is 5.92 Å². The third kappa shape index (κ3) is 6.29. The summed E-state index contributed by atoms with van der Waals surface area (Å²) in [6.07, 6.45) is 2.84. The number of benzene rings is 1. The summed E-state index contributed by atoms with van der Waals surface area (Å²) in [5.74, 6) is -0.147. The van der Waals surface area contributed by atoms with Crippen molar-refractivity contribution in [1.82, 2.24) is 4.90 Å². The minimum atomic E-state index is -0.768. The molecular formula is C24H33NO4. The van der Waals surface area contributed by atoms with E-state index in [0.29, 0.717) is 31.4 Å². The molecule has 158 valence electrons. The Bertz CT molecular complexity index is 790. The van der Waals surface area contributed by atoms with E-state index < -0.39 is 6.10 Å². The topological polar surface area (TPSA) is 66.8 Å². The normalized spacial score (nSPS) is 19.4. The maximum atomic E-state index is 13.3.